The molecule has 2 aromatic carbocycles. The fourth-order valence-electron chi connectivity index (χ4n) is 2.87. The average molecular weight is 364 g/mol. The maximum atomic E-state index is 12.9. The highest BCUT2D eigenvalue weighted by Gasteiger charge is 2.22. The van der Waals surface area contributed by atoms with Crippen LogP contribution in [0.15, 0.2) is 67.0 Å². The Bertz CT molecular complexity index is 925. The van der Waals surface area contributed by atoms with Gasteiger partial charge in [0.2, 0.25) is 5.91 Å². The van der Waals surface area contributed by atoms with Crippen molar-refractivity contribution in [3.8, 4) is 0 Å². The minimum absolute atomic E-state index is 0.201. The molecule has 1 atom stereocenters. The average Bonchev–Trinajstić information content (AvgIpc) is 2.73. The summed E-state index contributed by atoms with van der Waals surface area (Å²) in [4.78, 5) is 28.3. The molecule has 0 bridgehead atoms. The Morgan fingerprint density at radius 1 is 1.00 bits per heavy atom. The van der Waals surface area contributed by atoms with Gasteiger partial charge in [-0.1, -0.05) is 42.5 Å². The Hall–Kier alpha value is -3.29. The zero-order valence-electron chi connectivity index (χ0n) is 14.6. The van der Waals surface area contributed by atoms with Crippen LogP contribution in [0, 0.1) is 0 Å². The Morgan fingerprint density at radius 2 is 1.74 bits per heavy atom. The van der Waals surface area contributed by atoms with Gasteiger partial charge in [0.1, 0.15) is 6.04 Å². The van der Waals surface area contributed by atoms with E-state index in [1.807, 2.05) is 54.6 Å². The van der Waals surface area contributed by atoms with Gasteiger partial charge in [0.05, 0.1) is 6.54 Å². The topological polar surface area (TPSA) is 103 Å². The number of nitrogens with zero attached hydrogens (tertiary/aromatic N) is 1. The van der Waals surface area contributed by atoms with Crippen molar-refractivity contribution in [2.45, 2.75) is 12.6 Å². The lowest BCUT2D eigenvalue weighted by Crippen LogP contribution is -2.41. The molecule has 0 spiro atoms. The second kappa shape index (κ2) is 8.88. The first kappa shape index (κ1) is 18.5. The first-order chi connectivity index (χ1) is 13.2. The van der Waals surface area contributed by atoms with E-state index in [0.717, 1.165) is 21.9 Å². The van der Waals surface area contributed by atoms with Crippen molar-refractivity contribution >= 4 is 22.6 Å². The molecule has 0 aliphatic rings. The van der Waals surface area contributed by atoms with Crippen molar-refractivity contribution in [1.29, 1.82) is 0 Å². The molecule has 7 nitrogen and oxygen atoms in total. The van der Waals surface area contributed by atoms with E-state index in [4.69, 9.17) is 5.21 Å². The summed E-state index contributed by atoms with van der Waals surface area (Å²) in [5.74, 6) is -0.893. The van der Waals surface area contributed by atoms with E-state index in [1.165, 1.54) is 0 Å². The van der Waals surface area contributed by atoms with Crippen LogP contribution in [0.1, 0.15) is 17.2 Å². The van der Waals surface area contributed by atoms with Gasteiger partial charge < -0.3 is 5.32 Å². The molecule has 0 fully saturated rings. The highest BCUT2D eigenvalue weighted by atomic mass is 16.5. The van der Waals surface area contributed by atoms with Gasteiger partial charge in [-0.25, -0.2) is 5.48 Å². The van der Waals surface area contributed by atoms with Gasteiger partial charge in [-0.15, -0.1) is 0 Å². The first-order valence-corrected chi connectivity index (χ1v) is 8.49. The predicted octanol–water partition coefficient (Wildman–Crippen LogP) is 1.69. The number of benzene rings is 2. The number of rotatable bonds is 7. The molecule has 3 aromatic rings. The molecule has 1 aromatic heterocycles. The molecule has 0 saturated heterocycles. The first-order valence-electron chi connectivity index (χ1n) is 8.49. The Kier molecular flexibility index (Phi) is 6.09. The highest BCUT2D eigenvalue weighted by Crippen LogP contribution is 2.24. The number of carbonyl (C=O) groups is 2. The minimum atomic E-state index is -0.754. The van der Waals surface area contributed by atoms with Crippen molar-refractivity contribution in [3.63, 3.8) is 0 Å². The Labute approximate surface area is 156 Å². The third-order valence-electron chi connectivity index (χ3n) is 4.20. The molecule has 0 aliphatic heterocycles. The summed E-state index contributed by atoms with van der Waals surface area (Å²) in [7, 11) is 0. The van der Waals surface area contributed by atoms with Crippen LogP contribution in [0.4, 0.5) is 0 Å². The van der Waals surface area contributed by atoms with Crippen molar-refractivity contribution in [1.82, 2.24) is 21.1 Å². The summed E-state index contributed by atoms with van der Waals surface area (Å²) in [5, 5.41) is 16.4. The smallest absolute Gasteiger partial charge is 0.257 e. The molecule has 3 rings (SSSR count). The molecule has 2 amide bonds. The third-order valence-corrected chi connectivity index (χ3v) is 4.20. The summed E-state index contributed by atoms with van der Waals surface area (Å²) in [5.41, 5.74) is 3.24. The number of hydrogen-bond acceptors (Lipinski definition) is 5. The fraction of sp³-hybridized carbons (Fsp3) is 0.150. The summed E-state index contributed by atoms with van der Waals surface area (Å²) >= 11 is 0. The van der Waals surface area contributed by atoms with E-state index >= 15 is 0 Å². The lowest BCUT2D eigenvalue weighted by molar-refractivity contribution is -0.129. The van der Waals surface area contributed by atoms with Gasteiger partial charge in [-0.2, -0.15) is 0 Å². The van der Waals surface area contributed by atoms with Crippen molar-refractivity contribution in [3.05, 3.63) is 78.1 Å². The second-order valence-corrected chi connectivity index (χ2v) is 5.99. The van der Waals surface area contributed by atoms with E-state index in [1.54, 1.807) is 17.9 Å². The molecule has 0 unspecified atom stereocenters. The van der Waals surface area contributed by atoms with Gasteiger partial charge in [0, 0.05) is 18.9 Å². The maximum Gasteiger partial charge on any atom is 0.257 e. The van der Waals surface area contributed by atoms with E-state index in [0.29, 0.717) is 6.54 Å². The SMILES string of the molecule is O=C(CN[C@H](C(=O)NCc1ccncc1)c1cccc2ccccc12)NO. The second-order valence-electron chi connectivity index (χ2n) is 5.99. The molecule has 0 radical (unpaired) electrons. The quantitative estimate of drug-likeness (QED) is 0.377. The number of nitrogens with one attached hydrogen (secondary N) is 3. The van der Waals surface area contributed by atoms with Crippen LogP contribution in [-0.4, -0.2) is 28.6 Å². The van der Waals surface area contributed by atoms with Crippen molar-refractivity contribution < 1.29 is 14.8 Å². The minimum Gasteiger partial charge on any atom is -0.350 e. The molecule has 27 heavy (non-hydrogen) atoms. The monoisotopic (exact) mass is 364 g/mol. The summed E-state index contributed by atoms with van der Waals surface area (Å²) in [6, 6.07) is 16.3. The number of hydrogen-bond donors (Lipinski definition) is 4. The Morgan fingerprint density at radius 3 is 2.52 bits per heavy atom. The van der Waals surface area contributed by atoms with Crippen molar-refractivity contribution in [2.75, 3.05) is 6.54 Å². The molecular weight excluding hydrogens is 344 g/mol. The van der Waals surface area contributed by atoms with Gasteiger partial charge in [-0.3, -0.25) is 25.1 Å². The molecule has 1 heterocycles. The van der Waals surface area contributed by atoms with E-state index < -0.39 is 11.9 Å². The zero-order chi connectivity index (χ0) is 19.1. The number of aromatic nitrogens is 1. The van der Waals surface area contributed by atoms with Gasteiger partial charge >= 0.3 is 0 Å². The van der Waals surface area contributed by atoms with Crippen LogP contribution in [-0.2, 0) is 16.1 Å². The standard InChI is InChI=1S/C20H20N4O3/c25-18(24-27)13-22-19(20(26)23-12-14-8-10-21-11-9-14)17-7-3-5-15-4-1-2-6-16(15)17/h1-11,19,22,27H,12-13H2,(H,23,26)(H,24,25)/t19-/m0/s1. The number of hydroxylamine groups is 1. The predicted molar refractivity (Wildman–Crippen MR) is 101 cm³/mol. The van der Waals surface area contributed by atoms with Crippen LogP contribution in [0.2, 0.25) is 0 Å². The van der Waals surface area contributed by atoms with Crippen LogP contribution in [0.5, 0.6) is 0 Å². The lowest BCUT2D eigenvalue weighted by atomic mass is 9.98. The number of fused-ring (bicyclic) bond motifs is 1. The lowest BCUT2D eigenvalue weighted by Gasteiger charge is -2.20. The highest BCUT2D eigenvalue weighted by molar-refractivity contribution is 5.93. The zero-order valence-corrected chi connectivity index (χ0v) is 14.6. The molecule has 0 aliphatic carbocycles. The molecular formula is C20H20N4O3. The van der Waals surface area contributed by atoms with Gasteiger partial charge in [0.15, 0.2) is 0 Å². The van der Waals surface area contributed by atoms with Gasteiger partial charge in [0.25, 0.3) is 5.91 Å². The number of amides is 2. The van der Waals surface area contributed by atoms with Crippen LogP contribution < -0.4 is 16.1 Å². The summed E-state index contributed by atoms with van der Waals surface area (Å²) in [6.07, 6.45) is 3.32. The van der Waals surface area contributed by atoms with E-state index in [9.17, 15) is 9.59 Å². The largest absolute Gasteiger partial charge is 0.350 e. The molecule has 0 saturated carbocycles. The normalized spacial score (nSPS) is 11.7. The number of carbonyl (C=O) groups excluding carboxylic acids is 2. The van der Waals surface area contributed by atoms with E-state index in [2.05, 4.69) is 15.6 Å². The van der Waals surface area contributed by atoms with Gasteiger partial charge in [-0.05, 0) is 34.0 Å². The molecule has 7 heteroatoms. The number of pyridine rings is 1. The molecule has 138 valence electrons. The van der Waals surface area contributed by atoms with Crippen LogP contribution >= 0.6 is 0 Å². The fourth-order valence-corrected chi connectivity index (χ4v) is 2.87. The summed E-state index contributed by atoms with van der Waals surface area (Å²) < 4.78 is 0. The summed E-state index contributed by atoms with van der Waals surface area (Å²) in [6.45, 7) is 0.142. The van der Waals surface area contributed by atoms with Crippen LogP contribution in [0.25, 0.3) is 10.8 Å². The molecule has 4 N–H and O–H groups in total. The Balaban J connectivity index is 1.85. The van der Waals surface area contributed by atoms with Crippen LogP contribution in [0.3, 0.4) is 0 Å². The maximum absolute atomic E-state index is 12.9. The van der Waals surface area contributed by atoms with Crippen molar-refractivity contribution in [2.24, 2.45) is 0 Å². The third kappa shape index (κ3) is 4.66. The van der Waals surface area contributed by atoms with E-state index in [-0.39, 0.29) is 12.5 Å².